The Balaban J connectivity index is 2.21. The molecular weight excluding hydrogens is 323 g/mol. The Bertz CT molecular complexity index is 815. The maximum Gasteiger partial charge on any atom is 0.253 e. The molecular formula is C19H23FN2O3. The lowest BCUT2D eigenvalue weighted by Crippen LogP contribution is -2.29. The molecule has 0 spiro atoms. The average molecular weight is 346 g/mol. The third kappa shape index (κ3) is 4.47. The van der Waals surface area contributed by atoms with Gasteiger partial charge in [-0.2, -0.15) is 0 Å². The van der Waals surface area contributed by atoms with E-state index in [1.54, 1.807) is 26.0 Å². The fourth-order valence-corrected chi connectivity index (χ4v) is 2.56. The first-order valence-electron chi connectivity index (χ1n) is 8.29. The lowest BCUT2D eigenvalue weighted by atomic mass is 10.0. The molecule has 1 heterocycles. The minimum Gasteiger partial charge on any atom is -0.491 e. The molecule has 0 saturated heterocycles. The smallest absolute Gasteiger partial charge is 0.253 e. The number of amides is 1. The maximum absolute atomic E-state index is 14.0. The number of hydrogen-bond acceptors (Lipinski definition) is 3. The van der Waals surface area contributed by atoms with E-state index in [1.807, 2.05) is 13.8 Å². The van der Waals surface area contributed by atoms with Gasteiger partial charge in [0.25, 0.3) is 5.91 Å². The zero-order chi connectivity index (χ0) is 18.6. The molecule has 0 aliphatic heterocycles. The number of halogens is 1. The standard InChI is InChI=1S/C19H23FN2O3/c1-5-25-16-8-6-13(10-15(16)20)12(4)21-19(24)14-7-9-17(23)22-18(14)11(2)3/h6-12H,5H2,1-4H3,(H,21,24)(H,22,23). The van der Waals surface area contributed by atoms with Gasteiger partial charge in [-0.3, -0.25) is 9.59 Å². The van der Waals surface area contributed by atoms with Gasteiger partial charge < -0.3 is 15.0 Å². The number of pyridine rings is 1. The second-order valence-corrected chi connectivity index (χ2v) is 6.12. The van der Waals surface area contributed by atoms with Crippen LogP contribution in [0.25, 0.3) is 0 Å². The van der Waals surface area contributed by atoms with E-state index in [2.05, 4.69) is 10.3 Å². The summed E-state index contributed by atoms with van der Waals surface area (Å²) < 4.78 is 19.2. The normalized spacial score (nSPS) is 12.1. The first-order chi connectivity index (χ1) is 11.8. The van der Waals surface area contributed by atoms with E-state index in [-0.39, 0.29) is 23.1 Å². The monoisotopic (exact) mass is 346 g/mol. The lowest BCUT2D eigenvalue weighted by molar-refractivity contribution is 0.0938. The fraction of sp³-hybridized carbons (Fsp3) is 0.368. The zero-order valence-corrected chi connectivity index (χ0v) is 14.9. The van der Waals surface area contributed by atoms with E-state index >= 15 is 0 Å². The molecule has 0 radical (unpaired) electrons. The maximum atomic E-state index is 14.0. The van der Waals surface area contributed by atoms with Crippen LogP contribution < -0.4 is 15.6 Å². The molecule has 0 saturated carbocycles. The Morgan fingerprint density at radius 1 is 1.24 bits per heavy atom. The van der Waals surface area contributed by atoms with Gasteiger partial charge in [0.1, 0.15) is 0 Å². The molecule has 0 fully saturated rings. The van der Waals surface area contributed by atoms with Crippen LogP contribution in [0.5, 0.6) is 5.75 Å². The van der Waals surface area contributed by atoms with E-state index in [1.165, 1.54) is 18.2 Å². The molecule has 1 unspecified atom stereocenters. The zero-order valence-electron chi connectivity index (χ0n) is 14.9. The van der Waals surface area contributed by atoms with Crippen molar-refractivity contribution in [2.24, 2.45) is 0 Å². The largest absolute Gasteiger partial charge is 0.491 e. The molecule has 1 aromatic heterocycles. The second kappa shape index (κ2) is 7.96. The molecule has 25 heavy (non-hydrogen) atoms. The Kier molecular flexibility index (Phi) is 5.96. The molecule has 1 amide bonds. The van der Waals surface area contributed by atoms with Gasteiger partial charge in [-0.05, 0) is 43.5 Å². The fourth-order valence-electron chi connectivity index (χ4n) is 2.56. The molecule has 6 heteroatoms. The molecule has 5 nitrogen and oxygen atoms in total. The van der Waals surface area contributed by atoms with Crippen LogP contribution in [-0.2, 0) is 0 Å². The summed E-state index contributed by atoms with van der Waals surface area (Å²) in [5.41, 5.74) is 1.37. The number of aromatic nitrogens is 1. The summed E-state index contributed by atoms with van der Waals surface area (Å²) in [4.78, 5) is 26.8. The Hall–Kier alpha value is -2.63. The van der Waals surface area contributed by atoms with E-state index in [0.29, 0.717) is 23.4 Å². The Labute approximate surface area is 146 Å². The number of benzene rings is 1. The molecule has 0 aliphatic carbocycles. The van der Waals surface area contributed by atoms with Crippen molar-refractivity contribution in [1.29, 1.82) is 0 Å². The first-order valence-corrected chi connectivity index (χ1v) is 8.29. The van der Waals surface area contributed by atoms with Gasteiger partial charge in [0.05, 0.1) is 18.2 Å². The van der Waals surface area contributed by atoms with E-state index < -0.39 is 11.9 Å². The van der Waals surface area contributed by atoms with Gasteiger partial charge in [-0.25, -0.2) is 4.39 Å². The molecule has 0 aliphatic rings. The highest BCUT2D eigenvalue weighted by molar-refractivity contribution is 5.95. The molecule has 2 aromatic rings. The topological polar surface area (TPSA) is 71.2 Å². The van der Waals surface area contributed by atoms with Crippen LogP contribution in [0.3, 0.4) is 0 Å². The van der Waals surface area contributed by atoms with Crippen molar-refractivity contribution in [2.75, 3.05) is 6.61 Å². The van der Waals surface area contributed by atoms with E-state index in [0.717, 1.165) is 0 Å². The quantitative estimate of drug-likeness (QED) is 0.840. The lowest BCUT2D eigenvalue weighted by Gasteiger charge is -2.17. The van der Waals surface area contributed by atoms with Crippen LogP contribution in [0, 0.1) is 5.82 Å². The highest BCUT2D eigenvalue weighted by Gasteiger charge is 2.18. The SMILES string of the molecule is CCOc1ccc(C(C)NC(=O)c2ccc(=O)[nH]c2C(C)C)cc1F. The summed E-state index contributed by atoms with van der Waals surface area (Å²) in [6.07, 6.45) is 0. The number of aromatic amines is 1. The van der Waals surface area contributed by atoms with Crippen molar-refractivity contribution in [2.45, 2.75) is 39.7 Å². The summed E-state index contributed by atoms with van der Waals surface area (Å²) >= 11 is 0. The third-order valence-corrected chi connectivity index (χ3v) is 3.87. The molecule has 0 bridgehead atoms. The van der Waals surface area contributed by atoms with Gasteiger partial charge in [-0.1, -0.05) is 19.9 Å². The van der Waals surface area contributed by atoms with Crippen LogP contribution in [0.1, 0.15) is 61.3 Å². The molecule has 1 aromatic carbocycles. The van der Waals surface area contributed by atoms with Crippen LogP contribution in [0.2, 0.25) is 0 Å². The summed E-state index contributed by atoms with van der Waals surface area (Å²) in [6, 6.07) is 7.05. The number of carbonyl (C=O) groups is 1. The van der Waals surface area contributed by atoms with Crippen LogP contribution in [0.15, 0.2) is 35.1 Å². The van der Waals surface area contributed by atoms with Crippen molar-refractivity contribution in [1.82, 2.24) is 10.3 Å². The predicted octanol–water partition coefficient (Wildman–Crippen LogP) is 3.53. The number of ether oxygens (including phenoxy) is 1. The first kappa shape index (κ1) is 18.7. The molecule has 1 atom stereocenters. The van der Waals surface area contributed by atoms with Crippen molar-refractivity contribution < 1.29 is 13.9 Å². The Morgan fingerprint density at radius 2 is 1.96 bits per heavy atom. The van der Waals surface area contributed by atoms with Crippen molar-refractivity contribution in [3.05, 3.63) is 63.3 Å². The number of nitrogens with one attached hydrogen (secondary N) is 2. The van der Waals surface area contributed by atoms with Gasteiger partial charge in [0.2, 0.25) is 5.56 Å². The number of carbonyl (C=O) groups excluding carboxylic acids is 1. The van der Waals surface area contributed by atoms with Crippen molar-refractivity contribution in [3.8, 4) is 5.75 Å². The minimum atomic E-state index is -0.465. The summed E-state index contributed by atoms with van der Waals surface area (Å²) in [5, 5.41) is 2.84. The summed E-state index contributed by atoms with van der Waals surface area (Å²) in [7, 11) is 0. The van der Waals surface area contributed by atoms with Gasteiger partial charge in [-0.15, -0.1) is 0 Å². The van der Waals surface area contributed by atoms with E-state index in [4.69, 9.17) is 4.74 Å². The summed E-state index contributed by atoms with van der Waals surface area (Å²) in [5.74, 6) is -0.602. The summed E-state index contributed by atoms with van der Waals surface area (Å²) in [6.45, 7) is 7.73. The van der Waals surface area contributed by atoms with Crippen LogP contribution in [0.4, 0.5) is 4.39 Å². The minimum absolute atomic E-state index is 0.00660. The molecule has 2 rings (SSSR count). The predicted molar refractivity (Wildman–Crippen MR) is 94.6 cm³/mol. The third-order valence-electron chi connectivity index (χ3n) is 3.87. The van der Waals surface area contributed by atoms with Gasteiger partial charge in [0, 0.05) is 11.8 Å². The number of rotatable bonds is 6. The second-order valence-electron chi connectivity index (χ2n) is 6.12. The Morgan fingerprint density at radius 3 is 2.56 bits per heavy atom. The average Bonchev–Trinajstić information content (AvgIpc) is 2.56. The number of hydrogen-bond donors (Lipinski definition) is 2. The molecule has 134 valence electrons. The highest BCUT2D eigenvalue weighted by atomic mass is 19.1. The highest BCUT2D eigenvalue weighted by Crippen LogP contribution is 2.23. The van der Waals surface area contributed by atoms with Crippen molar-refractivity contribution in [3.63, 3.8) is 0 Å². The van der Waals surface area contributed by atoms with Crippen LogP contribution >= 0.6 is 0 Å². The van der Waals surface area contributed by atoms with Gasteiger partial charge >= 0.3 is 0 Å². The van der Waals surface area contributed by atoms with Crippen molar-refractivity contribution >= 4 is 5.91 Å². The van der Waals surface area contributed by atoms with E-state index in [9.17, 15) is 14.0 Å². The van der Waals surface area contributed by atoms with Crippen LogP contribution in [-0.4, -0.2) is 17.5 Å². The molecule has 2 N–H and O–H groups in total. The van der Waals surface area contributed by atoms with Gasteiger partial charge in [0.15, 0.2) is 11.6 Å². The number of H-pyrrole nitrogens is 1.